The van der Waals surface area contributed by atoms with Crippen LogP contribution in [0, 0.1) is 5.82 Å². The normalized spacial score (nSPS) is 14.9. The van der Waals surface area contributed by atoms with Crippen LogP contribution < -0.4 is 5.32 Å². The minimum absolute atomic E-state index is 0.0306. The zero-order chi connectivity index (χ0) is 24.0. The van der Waals surface area contributed by atoms with E-state index < -0.39 is 17.3 Å². The van der Waals surface area contributed by atoms with Crippen molar-refractivity contribution >= 4 is 12.0 Å². The Labute approximate surface area is 192 Å². The van der Waals surface area contributed by atoms with Crippen molar-refractivity contribution in [2.24, 2.45) is 0 Å². The summed E-state index contributed by atoms with van der Waals surface area (Å²) in [7, 11) is 0. The lowest BCUT2D eigenvalue weighted by atomic mass is 10.1. The van der Waals surface area contributed by atoms with E-state index in [1.54, 1.807) is 11.0 Å². The monoisotopic (exact) mass is 462 g/mol. The molecular formula is C23H31FN4O5. The lowest BCUT2D eigenvalue weighted by molar-refractivity contribution is -0.0231. The van der Waals surface area contributed by atoms with Gasteiger partial charge in [-0.05, 0) is 52.2 Å². The number of piperidine rings is 1. The average molecular weight is 463 g/mol. The third kappa shape index (κ3) is 6.98. The van der Waals surface area contributed by atoms with E-state index in [0.717, 1.165) is 6.42 Å². The number of halogens is 1. The van der Waals surface area contributed by atoms with Crippen molar-refractivity contribution in [2.75, 3.05) is 19.6 Å². The Morgan fingerprint density at radius 3 is 2.64 bits per heavy atom. The van der Waals surface area contributed by atoms with Crippen molar-refractivity contribution in [3.63, 3.8) is 0 Å². The van der Waals surface area contributed by atoms with Crippen molar-refractivity contribution in [3.05, 3.63) is 35.5 Å². The molecule has 2 heterocycles. The van der Waals surface area contributed by atoms with Gasteiger partial charge in [0.15, 0.2) is 0 Å². The van der Waals surface area contributed by atoms with Crippen LogP contribution in [0.4, 0.5) is 9.18 Å². The minimum atomic E-state index is -0.652. The Kier molecular flexibility index (Phi) is 8.01. The number of nitrogens with one attached hydrogen (secondary N) is 1. The molecule has 0 atom stereocenters. The van der Waals surface area contributed by atoms with Gasteiger partial charge in [-0.2, -0.15) is 4.98 Å². The highest BCUT2D eigenvalue weighted by Gasteiger charge is 2.27. The maximum atomic E-state index is 14.4. The van der Waals surface area contributed by atoms with E-state index in [0.29, 0.717) is 38.0 Å². The Hall–Kier alpha value is -3.01. The molecule has 3 rings (SSSR count). The summed E-state index contributed by atoms with van der Waals surface area (Å²) in [4.78, 5) is 30.1. The predicted molar refractivity (Wildman–Crippen MR) is 118 cm³/mol. The molecule has 2 amide bonds. The van der Waals surface area contributed by atoms with Crippen molar-refractivity contribution in [1.29, 1.82) is 0 Å². The van der Waals surface area contributed by atoms with Gasteiger partial charge in [0, 0.05) is 25.2 Å². The van der Waals surface area contributed by atoms with E-state index in [1.807, 2.05) is 27.7 Å². The van der Waals surface area contributed by atoms with Gasteiger partial charge in [0.05, 0.1) is 11.7 Å². The van der Waals surface area contributed by atoms with Crippen LogP contribution in [0.3, 0.4) is 0 Å². The summed E-state index contributed by atoms with van der Waals surface area (Å²) in [5, 5.41) is 6.53. The zero-order valence-electron chi connectivity index (χ0n) is 19.5. The van der Waals surface area contributed by atoms with Gasteiger partial charge in [-0.25, -0.2) is 9.18 Å². The van der Waals surface area contributed by atoms with Crippen LogP contribution in [-0.4, -0.2) is 58.4 Å². The van der Waals surface area contributed by atoms with E-state index in [1.165, 1.54) is 12.1 Å². The summed E-state index contributed by atoms with van der Waals surface area (Å²) in [6.07, 6.45) is 1.75. The molecule has 1 fully saturated rings. The summed E-state index contributed by atoms with van der Waals surface area (Å²) < 4.78 is 30.9. The first-order valence-electron chi connectivity index (χ1n) is 11.2. The predicted octanol–water partition coefficient (Wildman–Crippen LogP) is 3.93. The molecular weight excluding hydrogens is 431 g/mol. The molecule has 1 aromatic heterocycles. The number of benzene rings is 1. The highest BCUT2D eigenvalue weighted by atomic mass is 19.1. The third-order valence-corrected chi connectivity index (χ3v) is 5.01. The number of rotatable bonds is 7. The van der Waals surface area contributed by atoms with Gasteiger partial charge in [-0.15, -0.1) is 0 Å². The second kappa shape index (κ2) is 10.7. The summed E-state index contributed by atoms with van der Waals surface area (Å²) in [6.45, 7) is 9.13. The zero-order valence-corrected chi connectivity index (χ0v) is 19.5. The molecule has 1 N–H and O–H groups in total. The van der Waals surface area contributed by atoms with Gasteiger partial charge in [-0.3, -0.25) is 4.79 Å². The van der Waals surface area contributed by atoms with Gasteiger partial charge in [-0.1, -0.05) is 18.1 Å². The van der Waals surface area contributed by atoms with Crippen LogP contribution in [-0.2, 0) is 16.1 Å². The largest absolute Gasteiger partial charge is 0.444 e. The first kappa shape index (κ1) is 24.6. The van der Waals surface area contributed by atoms with E-state index in [9.17, 15) is 14.0 Å². The van der Waals surface area contributed by atoms with Gasteiger partial charge in [0.1, 0.15) is 18.0 Å². The van der Waals surface area contributed by atoms with Crippen LogP contribution in [0.25, 0.3) is 11.4 Å². The van der Waals surface area contributed by atoms with Crippen molar-refractivity contribution in [3.8, 4) is 11.4 Å². The Morgan fingerprint density at radius 2 is 2.00 bits per heavy atom. The molecule has 9 nitrogen and oxygen atoms in total. The van der Waals surface area contributed by atoms with E-state index >= 15 is 0 Å². The number of hydrogen-bond donors (Lipinski definition) is 1. The van der Waals surface area contributed by atoms with Crippen molar-refractivity contribution in [2.45, 2.75) is 65.3 Å². The second-order valence-electron chi connectivity index (χ2n) is 8.94. The number of likely N-dealkylation sites (tertiary alicyclic amines) is 1. The van der Waals surface area contributed by atoms with Gasteiger partial charge in [0.2, 0.25) is 5.82 Å². The average Bonchev–Trinajstić information content (AvgIpc) is 3.24. The van der Waals surface area contributed by atoms with E-state index in [-0.39, 0.29) is 36.1 Å². The number of aromatic nitrogens is 2. The maximum Gasteiger partial charge on any atom is 0.410 e. The molecule has 1 saturated heterocycles. The fraction of sp³-hybridized carbons (Fsp3) is 0.565. The first-order valence-corrected chi connectivity index (χ1v) is 11.2. The summed E-state index contributed by atoms with van der Waals surface area (Å²) in [5.41, 5.74) is -0.151. The molecule has 180 valence electrons. The molecule has 1 aliphatic heterocycles. The third-order valence-electron chi connectivity index (χ3n) is 5.01. The molecule has 1 aliphatic rings. The van der Waals surface area contributed by atoms with Crippen LogP contribution in [0.1, 0.15) is 63.2 Å². The number of ether oxygens (including phenoxy) is 2. The second-order valence-corrected chi connectivity index (χ2v) is 8.94. The van der Waals surface area contributed by atoms with E-state index in [2.05, 4.69) is 15.5 Å². The minimum Gasteiger partial charge on any atom is -0.444 e. The molecule has 0 saturated carbocycles. The molecule has 2 aromatic rings. The fourth-order valence-electron chi connectivity index (χ4n) is 3.32. The van der Waals surface area contributed by atoms with Crippen LogP contribution in [0.5, 0.6) is 0 Å². The molecule has 0 aliphatic carbocycles. The molecule has 1 aromatic carbocycles. The smallest absolute Gasteiger partial charge is 0.410 e. The van der Waals surface area contributed by atoms with E-state index in [4.69, 9.17) is 14.0 Å². The first-order chi connectivity index (χ1) is 15.7. The molecule has 33 heavy (non-hydrogen) atoms. The number of nitrogens with zero attached hydrogens (tertiary/aromatic N) is 3. The molecule has 0 spiro atoms. The highest BCUT2D eigenvalue weighted by Crippen LogP contribution is 2.21. The topological polar surface area (TPSA) is 107 Å². The van der Waals surface area contributed by atoms with Gasteiger partial charge >= 0.3 is 6.09 Å². The van der Waals surface area contributed by atoms with Gasteiger partial charge < -0.3 is 24.2 Å². The molecule has 10 heteroatoms. The lowest BCUT2D eigenvalue weighted by Crippen LogP contribution is -2.43. The SMILES string of the molecule is CCCNC(=O)c1ccc(-c2noc(COC3CCN(C(=O)OC(C)(C)C)CC3)n2)cc1F. The Balaban J connectivity index is 1.50. The standard InChI is InChI=1S/C23H31FN4O5/c1-5-10-25-21(29)17-7-6-15(13-18(17)24)20-26-19(33-27-20)14-31-16-8-11-28(12-9-16)22(30)32-23(2,3)4/h6-7,13,16H,5,8-12,14H2,1-4H3,(H,25,29). The van der Waals surface area contributed by atoms with Crippen LogP contribution in [0.2, 0.25) is 0 Å². The molecule has 0 radical (unpaired) electrons. The number of carbonyl (C=O) groups is 2. The van der Waals surface area contributed by atoms with Crippen molar-refractivity contribution < 1.29 is 28.0 Å². The van der Waals surface area contributed by atoms with Gasteiger partial charge in [0.25, 0.3) is 11.8 Å². The van der Waals surface area contributed by atoms with Crippen LogP contribution in [0.15, 0.2) is 22.7 Å². The number of hydrogen-bond acceptors (Lipinski definition) is 7. The number of carbonyl (C=O) groups excluding carboxylic acids is 2. The summed E-state index contributed by atoms with van der Waals surface area (Å²) in [6, 6.07) is 4.19. The molecule has 0 unspecified atom stereocenters. The maximum absolute atomic E-state index is 14.4. The quantitative estimate of drug-likeness (QED) is 0.664. The summed E-state index contributed by atoms with van der Waals surface area (Å²) >= 11 is 0. The molecule has 0 bridgehead atoms. The highest BCUT2D eigenvalue weighted by molar-refractivity contribution is 5.94. The van der Waals surface area contributed by atoms with Crippen LogP contribution >= 0.6 is 0 Å². The lowest BCUT2D eigenvalue weighted by Gasteiger charge is -2.33. The number of amides is 2. The summed E-state index contributed by atoms with van der Waals surface area (Å²) in [5.74, 6) is -0.626. The van der Waals surface area contributed by atoms with Crippen molar-refractivity contribution in [1.82, 2.24) is 20.4 Å². The fourth-order valence-corrected chi connectivity index (χ4v) is 3.32. The Bertz CT molecular complexity index is 964. The Morgan fingerprint density at radius 1 is 1.27 bits per heavy atom.